The first-order valence-electron chi connectivity index (χ1n) is 9.79. The average Bonchev–Trinajstić information content (AvgIpc) is 2.78. The van der Waals surface area contributed by atoms with Crippen molar-refractivity contribution in [3.8, 4) is 0 Å². The molecule has 0 unspecified atom stereocenters. The van der Waals surface area contributed by atoms with Crippen LogP contribution in [0.25, 0.3) is 0 Å². The number of benzene rings is 2. The molecule has 12 nitrogen and oxygen atoms in total. The van der Waals surface area contributed by atoms with Gasteiger partial charge in [0.05, 0.1) is 22.0 Å². The quantitative estimate of drug-likeness (QED) is 0.266. The molecule has 0 aliphatic carbocycles. The van der Waals surface area contributed by atoms with Gasteiger partial charge in [-0.05, 0) is 36.2 Å². The Morgan fingerprint density at radius 2 is 1.61 bits per heavy atom. The molecular formula is C21H20N6O6. The fourth-order valence-electron chi connectivity index (χ4n) is 2.72. The van der Waals surface area contributed by atoms with E-state index in [1.807, 2.05) is 13.8 Å². The molecule has 3 aromatic rings. The number of ether oxygens (including phenoxy) is 1. The van der Waals surface area contributed by atoms with E-state index in [9.17, 15) is 25.0 Å². The minimum atomic E-state index is -0.667. The van der Waals surface area contributed by atoms with Crippen LogP contribution in [0.2, 0.25) is 0 Å². The number of nitrogens with one attached hydrogen (secondary N) is 2. The van der Waals surface area contributed by atoms with Gasteiger partial charge in [0.25, 0.3) is 5.69 Å². The number of esters is 1. The molecule has 0 aliphatic rings. The molecule has 12 heteroatoms. The van der Waals surface area contributed by atoms with Crippen LogP contribution in [0.3, 0.4) is 0 Å². The van der Waals surface area contributed by atoms with E-state index >= 15 is 0 Å². The number of rotatable bonds is 9. The summed E-state index contributed by atoms with van der Waals surface area (Å²) in [6.45, 7) is 4.15. The van der Waals surface area contributed by atoms with E-state index in [4.69, 9.17) is 4.74 Å². The van der Waals surface area contributed by atoms with Crippen molar-refractivity contribution in [3.63, 3.8) is 0 Å². The molecule has 0 spiro atoms. The van der Waals surface area contributed by atoms with Crippen molar-refractivity contribution in [1.29, 1.82) is 0 Å². The van der Waals surface area contributed by atoms with Gasteiger partial charge in [-0.2, -0.15) is 0 Å². The van der Waals surface area contributed by atoms with Gasteiger partial charge in [-0.25, -0.2) is 14.8 Å². The zero-order valence-corrected chi connectivity index (χ0v) is 17.7. The molecule has 0 saturated heterocycles. The van der Waals surface area contributed by atoms with Gasteiger partial charge in [-0.3, -0.25) is 20.2 Å². The number of nitro groups is 2. The van der Waals surface area contributed by atoms with E-state index in [0.29, 0.717) is 17.9 Å². The maximum atomic E-state index is 12.0. The highest BCUT2D eigenvalue weighted by molar-refractivity contribution is 5.90. The Hall–Kier alpha value is -4.61. The van der Waals surface area contributed by atoms with Crippen LogP contribution in [0.4, 0.5) is 34.4 Å². The summed E-state index contributed by atoms with van der Waals surface area (Å²) in [5.41, 5.74) is 0.401. The maximum absolute atomic E-state index is 12.0. The third-order valence-electron chi connectivity index (χ3n) is 4.26. The fourth-order valence-corrected chi connectivity index (χ4v) is 2.72. The van der Waals surface area contributed by atoms with Crippen LogP contribution in [-0.4, -0.2) is 32.4 Å². The molecule has 1 aromatic heterocycles. The van der Waals surface area contributed by atoms with Gasteiger partial charge in [0.2, 0.25) is 11.6 Å². The summed E-state index contributed by atoms with van der Waals surface area (Å²) < 4.78 is 5.17. The number of hydrogen-bond acceptors (Lipinski definition) is 10. The van der Waals surface area contributed by atoms with Crippen LogP contribution in [0.5, 0.6) is 0 Å². The Morgan fingerprint density at radius 1 is 0.970 bits per heavy atom. The zero-order chi connectivity index (χ0) is 24.0. The Balaban J connectivity index is 1.83. The molecular weight excluding hydrogens is 432 g/mol. The number of non-ortho nitro benzene ring substituents is 1. The van der Waals surface area contributed by atoms with E-state index in [0.717, 1.165) is 6.33 Å². The Kier molecular flexibility index (Phi) is 7.08. The minimum Gasteiger partial charge on any atom is -0.462 e. The number of anilines is 4. The second-order valence-corrected chi connectivity index (χ2v) is 7.30. The van der Waals surface area contributed by atoms with Crippen molar-refractivity contribution < 1.29 is 19.4 Å². The van der Waals surface area contributed by atoms with Crippen LogP contribution < -0.4 is 10.6 Å². The van der Waals surface area contributed by atoms with Crippen LogP contribution in [-0.2, 0) is 4.74 Å². The van der Waals surface area contributed by atoms with Gasteiger partial charge in [0, 0.05) is 23.5 Å². The van der Waals surface area contributed by atoms with E-state index < -0.39 is 21.5 Å². The number of hydrogen-bond donors (Lipinski definition) is 2. The molecule has 0 fully saturated rings. The summed E-state index contributed by atoms with van der Waals surface area (Å²) in [6, 6.07) is 11.7. The Bertz CT molecular complexity index is 1180. The molecule has 2 N–H and O–H groups in total. The second-order valence-electron chi connectivity index (χ2n) is 7.30. The lowest BCUT2D eigenvalue weighted by molar-refractivity contribution is -0.384. The number of nitro benzene ring substituents is 1. The fraction of sp³-hybridized carbons (Fsp3) is 0.190. The van der Waals surface area contributed by atoms with Crippen LogP contribution in [0.15, 0.2) is 54.9 Å². The smallest absolute Gasteiger partial charge is 0.353 e. The molecule has 0 aliphatic heterocycles. The van der Waals surface area contributed by atoms with Crippen molar-refractivity contribution in [2.45, 2.75) is 13.8 Å². The molecule has 0 atom stereocenters. The van der Waals surface area contributed by atoms with Gasteiger partial charge >= 0.3 is 11.7 Å². The van der Waals surface area contributed by atoms with Crippen LogP contribution in [0.1, 0.15) is 24.2 Å². The lowest BCUT2D eigenvalue weighted by Gasteiger charge is -2.11. The largest absolute Gasteiger partial charge is 0.462 e. The van der Waals surface area contributed by atoms with Gasteiger partial charge in [0.1, 0.15) is 6.33 Å². The monoisotopic (exact) mass is 452 g/mol. The third-order valence-corrected chi connectivity index (χ3v) is 4.26. The predicted octanol–water partition coefficient (Wildman–Crippen LogP) is 4.59. The van der Waals surface area contributed by atoms with Crippen molar-refractivity contribution in [2.75, 3.05) is 17.2 Å². The summed E-state index contributed by atoms with van der Waals surface area (Å²) in [4.78, 5) is 41.4. The highest BCUT2D eigenvalue weighted by Crippen LogP contribution is 2.33. The van der Waals surface area contributed by atoms with E-state index in [1.54, 1.807) is 12.1 Å². The molecule has 0 radical (unpaired) electrons. The van der Waals surface area contributed by atoms with Gasteiger partial charge < -0.3 is 15.4 Å². The number of carbonyl (C=O) groups is 1. The predicted molar refractivity (Wildman–Crippen MR) is 120 cm³/mol. The first kappa shape index (κ1) is 23.1. The van der Waals surface area contributed by atoms with Crippen LogP contribution >= 0.6 is 0 Å². The molecule has 170 valence electrons. The van der Waals surface area contributed by atoms with Crippen molar-refractivity contribution in [3.05, 3.63) is 80.7 Å². The highest BCUT2D eigenvalue weighted by atomic mass is 16.6. The summed E-state index contributed by atoms with van der Waals surface area (Å²) in [6.07, 6.45) is 1.12. The van der Waals surface area contributed by atoms with Crippen LogP contribution in [0, 0.1) is 26.1 Å². The summed E-state index contributed by atoms with van der Waals surface area (Å²) in [5.74, 6) is -0.505. The SMILES string of the molecule is CC(C)COC(=O)c1ccc(Nc2ncnc(Nc3cccc([N+](=O)[O-])c3)c2[N+](=O)[O-])cc1. The summed E-state index contributed by atoms with van der Waals surface area (Å²) >= 11 is 0. The summed E-state index contributed by atoms with van der Waals surface area (Å²) in [5, 5.41) is 28.3. The lowest BCUT2D eigenvalue weighted by Crippen LogP contribution is -2.10. The topological polar surface area (TPSA) is 162 Å². The van der Waals surface area contributed by atoms with Gasteiger partial charge in [-0.1, -0.05) is 19.9 Å². The number of carbonyl (C=O) groups excluding carboxylic acids is 1. The van der Waals surface area contributed by atoms with Crippen molar-refractivity contribution in [1.82, 2.24) is 9.97 Å². The number of aromatic nitrogens is 2. The summed E-state index contributed by atoms with van der Waals surface area (Å²) in [7, 11) is 0. The third kappa shape index (κ3) is 5.97. The van der Waals surface area contributed by atoms with E-state index in [2.05, 4.69) is 20.6 Å². The Morgan fingerprint density at radius 3 is 2.18 bits per heavy atom. The van der Waals surface area contributed by atoms with Gasteiger partial charge in [-0.15, -0.1) is 0 Å². The maximum Gasteiger partial charge on any atom is 0.353 e. The highest BCUT2D eigenvalue weighted by Gasteiger charge is 2.24. The number of nitrogens with zero attached hydrogens (tertiary/aromatic N) is 4. The first-order valence-corrected chi connectivity index (χ1v) is 9.79. The van der Waals surface area contributed by atoms with Crippen molar-refractivity contribution in [2.24, 2.45) is 5.92 Å². The lowest BCUT2D eigenvalue weighted by atomic mass is 10.2. The van der Waals surface area contributed by atoms with E-state index in [1.165, 1.54) is 36.4 Å². The second kappa shape index (κ2) is 10.1. The van der Waals surface area contributed by atoms with Gasteiger partial charge in [0.15, 0.2) is 0 Å². The molecule has 3 rings (SSSR count). The average molecular weight is 452 g/mol. The normalized spacial score (nSPS) is 10.5. The molecule has 0 saturated carbocycles. The zero-order valence-electron chi connectivity index (χ0n) is 17.7. The van der Waals surface area contributed by atoms with E-state index in [-0.39, 0.29) is 28.9 Å². The minimum absolute atomic E-state index is 0.0990. The first-order chi connectivity index (χ1) is 15.7. The standard InChI is InChI=1S/C21H20N6O6/c1-13(2)11-33-21(28)14-6-8-15(9-7-14)24-19-18(27(31)32)20(23-12-22-19)25-16-4-3-5-17(10-16)26(29)30/h3-10,12-13H,11H2,1-2H3,(H2,22,23,24,25). The van der Waals surface area contributed by atoms with Crippen molar-refractivity contribution >= 4 is 40.4 Å². The molecule has 0 amide bonds. The molecule has 1 heterocycles. The molecule has 2 aromatic carbocycles. The molecule has 33 heavy (non-hydrogen) atoms. The Labute approximate surface area is 187 Å². The molecule has 0 bridgehead atoms.